The summed E-state index contributed by atoms with van der Waals surface area (Å²) in [5.41, 5.74) is -0.960. The molecule has 0 fully saturated rings. The largest absolute Gasteiger partial charge is 0.573 e. The van der Waals surface area contributed by atoms with Gasteiger partial charge in [-0.1, -0.05) is 6.07 Å². The van der Waals surface area contributed by atoms with E-state index in [-0.39, 0.29) is 23.4 Å². The number of aliphatic hydroxyl groups excluding tert-OH is 1. The van der Waals surface area contributed by atoms with E-state index in [4.69, 9.17) is 0 Å². The van der Waals surface area contributed by atoms with E-state index in [2.05, 4.69) is 15.0 Å². The van der Waals surface area contributed by atoms with Crippen molar-refractivity contribution in [3.63, 3.8) is 0 Å². The van der Waals surface area contributed by atoms with Crippen molar-refractivity contribution in [1.82, 2.24) is 14.9 Å². The molecule has 0 radical (unpaired) electrons. The monoisotopic (exact) mass is 483 g/mol. The highest BCUT2D eigenvalue weighted by Gasteiger charge is 2.33. The molecule has 0 aliphatic carbocycles. The molecule has 0 saturated carbocycles. The Kier molecular flexibility index (Phi) is 7.30. The maximum atomic E-state index is 14.5. The minimum atomic E-state index is -5.13. The van der Waals surface area contributed by atoms with E-state index in [1.54, 1.807) is 0 Å². The van der Waals surface area contributed by atoms with Crippen LogP contribution < -0.4 is 15.6 Å². The number of hydrogen-bond acceptors (Lipinski definition) is 5. The van der Waals surface area contributed by atoms with Gasteiger partial charge in [-0.25, -0.2) is 8.78 Å². The van der Waals surface area contributed by atoms with E-state index in [9.17, 15) is 36.6 Å². The first-order valence-corrected chi connectivity index (χ1v) is 9.79. The third-order valence-corrected chi connectivity index (χ3v) is 4.56. The number of pyridine rings is 2. The van der Waals surface area contributed by atoms with E-state index in [1.165, 1.54) is 31.5 Å². The summed E-state index contributed by atoms with van der Waals surface area (Å²) in [4.78, 5) is 28.7. The van der Waals surface area contributed by atoms with Crippen LogP contribution in [0, 0.1) is 11.6 Å². The highest BCUT2D eigenvalue weighted by Crippen LogP contribution is 2.30. The van der Waals surface area contributed by atoms with Crippen LogP contribution in [0.5, 0.6) is 5.75 Å². The van der Waals surface area contributed by atoms with Crippen molar-refractivity contribution in [3.8, 4) is 5.75 Å². The van der Waals surface area contributed by atoms with Gasteiger partial charge in [-0.3, -0.25) is 14.6 Å². The third-order valence-electron chi connectivity index (χ3n) is 4.56. The lowest BCUT2D eigenvalue weighted by molar-refractivity contribution is -0.275. The molecule has 3 rings (SSSR count). The SMILES string of the molecule is C[C@@H](O)Cn1cc(C(=O)N[C@@H](c2ccc(OC(F)(F)F)c(F)c2)c2ncccc2F)ccc1=O. The summed E-state index contributed by atoms with van der Waals surface area (Å²) in [5, 5.41) is 12.0. The lowest BCUT2D eigenvalue weighted by atomic mass is 10.0. The standard InChI is InChI=1S/C22H18F5N3O4/c1-12(31)10-30-11-14(5-7-18(30)32)21(33)29-19(20-15(23)3-2-8-28-20)13-4-6-17(16(24)9-13)34-22(25,26)27/h2-9,11-12,19,31H,10H2,1H3,(H,29,33)/t12-,19+/m1/s1. The molecule has 3 aromatic rings. The fourth-order valence-electron chi connectivity index (χ4n) is 3.13. The third kappa shape index (κ3) is 6.16. The van der Waals surface area contributed by atoms with E-state index >= 15 is 0 Å². The maximum Gasteiger partial charge on any atom is 0.573 e. The molecule has 12 heteroatoms. The van der Waals surface area contributed by atoms with Gasteiger partial charge in [-0.15, -0.1) is 13.2 Å². The van der Waals surface area contributed by atoms with Crippen molar-refractivity contribution in [3.05, 3.63) is 93.7 Å². The highest BCUT2D eigenvalue weighted by molar-refractivity contribution is 5.94. The zero-order valence-electron chi connectivity index (χ0n) is 17.5. The number of alkyl halides is 3. The van der Waals surface area contributed by atoms with Gasteiger partial charge < -0.3 is 19.7 Å². The van der Waals surface area contributed by atoms with Gasteiger partial charge in [-0.05, 0) is 42.8 Å². The molecular formula is C22H18F5N3O4. The van der Waals surface area contributed by atoms with Gasteiger partial charge in [0, 0.05) is 18.5 Å². The Morgan fingerprint density at radius 1 is 1.18 bits per heavy atom. The first-order valence-electron chi connectivity index (χ1n) is 9.79. The number of carbonyl (C=O) groups excluding carboxylic acids is 1. The van der Waals surface area contributed by atoms with Crippen molar-refractivity contribution in [2.75, 3.05) is 0 Å². The number of nitrogens with one attached hydrogen (secondary N) is 1. The summed E-state index contributed by atoms with van der Waals surface area (Å²) in [6.07, 6.45) is -3.61. The smallest absolute Gasteiger partial charge is 0.403 e. The van der Waals surface area contributed by atoms with Crippen LogP contribution in [0.4, 0.5) is 22.0 Å². The van der Waals surface area contributed by atoms with Crippen LogP contribution in [0.15, 0.2) is 59.7 Å². The van der Waals surface area contributed by atoms with Crippen LogP contribution in [0.25, 0.3) is 0 Å². The van der Waals surface area contributed by atoms with Gasteiger partial charge in [0.05, 0.1) is 24.3 Å². The van der Waals surface area contributed by atoms with Gasteiger partial charge in [0.15, 0.2) is 11.6 Å². The molecule has 2 N–H and O–H groups in total. The fourth-order valence-corrected chi connectivity index (χ4v) is 3.13. The van der Waals surface area contributed by atoms with Crippen molar-refractivity contribution < 1.29 is 36.6 Å². The average Bonchev–Trinajstić information content (AvgIpc) is 2.74. The number of amides is 1. The second kappa shape index (κ2) is 10.00. The Labute approximate surface area is 189 Å². The Morgan fingerprint density at radius 3 is 2.53 bits per heavy atom. The highest BCUT2D eigenvalue weighted by atomic mass is 19.4. The van der Waals surface area contributed by atoms with Crippen molar-refractivity contribution >= 4 is 5.91 Å². The first-order chi connectivity index (χ1) is 15.9. The molecule has 0 spiro atoms. The van der Waals surface area contributed by atoms with E-state index in [0.717, 1.165) is 22.8 Å². The van der Waals surface area contributed by atoms with Crippen LogP contribution >= 0.6 is 0 Å². The Morgan fingerprint density at radius 2 is 1.91 bits per heavy atom. The minimum absolute atomic E-state index is 0.0425. The normalized spacial score (nSPS) is 13.3. The first kappa shape index (κ1) is 24.8. The van der Waals surface area contributed by atoms with Crippen molar-refractivity contribution in [2.24, 2.45) is 0 Å². The number of aromatic nitrogens is 2. The van der Waals surface area contributed by atoms with Crippen molar-refractivity contribution in [2.45, 2.75) is 32.0 Å². The molecule has 2 atom stereocenters. The second-order valence-electron chi connectivity index (χ2n) is 7.27. The van der Waals surface area contributed by atoms with Crippen LogP contribution in [0.2, 0.25) is 0 Å². The number of hydrogen-bond donors (Lipinski definition) is 2. The van der Waals surface area contributed by atoms with Crippen LogP contribution in [-0.4, -0.2) is 33.0 Å². The summed E-state index contributed by atoms with van der Waals surface area (Å²) in [5.74, 6) is -4.17. The van der Waals surface area contributed by atoms with Gasteiger partial charge in [-0.2, -0.15) is 0 Å². The number of carbonyl (C=O) groups is 1. The molecule has 7 nitrogen and oxygen atoms in total. The minimum Gasteiger partial charge on any atom is -0.403 e. The number of nitrogens with zero attached hydrogens (tertiary/aromatic N) is 2. The molecule has 0 saturated heterocycles. The Balaban J connectivity index is 1.99. The Bertz CT molecular complexity index is 1240. The number of benzene rings is 1. The van der Waals surface area contributed by atoms with Gasteiger partial charge in [0.2, 0.25) is 0 Å². The topological polar surface area (TPSA) is 93.5 Å². The maximum absolute atomic E-state index is 14.5. The lowest BCUT2D eigenvalue weighted by Gasteiger charge is -2.20. The lowest BCUT2D eigenvalue weighted by Crippen LogP contribution is -2.32. The van der Waals surface area contributed by atoms with Crippen LogP contribution in [0.1, 0.15) is 34.6 Å². The van der Waals surface area contributed by atoms with E-state index < -0.39 is 47.4 Å². The number of aliphatic hydroxyl groups is 1. The summed E-state index contributed by atoms with van der Waals surface area (Å²) >= 11 is 0. The van der Waals surface area contributed by atoms with Gasteiger partial charge in [0.1, 0.15) is 11.5 Å². The summed E-state index contributed by atoms with van der Waals surface area (Å²) < 4.78 is 70.9. The van der Waals surface area contributed by atoms with E-state index in [0.29, 0.717) is 12.1 Å². The second-order valence-corrected chi connectivity index (χ2v) is 7.27. The zero-order valence-corrected chi connectivity index (χ0v) is 17.5. The molecule has 0 bridgehead atoms. The molecule has 0 aliphatic heterocycles. The molecule has 0 unspecified atom stereocenters. The average molecular weight is 483 g/mol. The van der Waals surface area contributed by atoms with Crippen molar-refractivity contribution in [1.29, 1.82) is 0 Å². The molecule has 34 heavy (non-hydrogen) atoms. The van der Waals surface area contributed by atoms with Gasteiger partial charge >= 0.3 is 6.36 Å². The summed E-state index contributed by atoms with van der Waals surface area (Å²) in [6.45, 7) is 1.35. The molecule has 180 valence electrons. The van der Waals surface area contributed by atoms with Crippen LogP contribution in [0.3, 0.4) is 0 Å². The summed E-state index contributed by atoms with van der Waals surface area (Å²) in [7, 11) is 0. The predicted octanol–water partition coefficient (Wildman–Crippen LogP) is 3.32. The predicted molar refractivity (Wildman–Crippen MR) is 109 cm³/mol. The molecular weight excluding hydrogens is 465 g/mol. The Hall–Kier alpha value is -3.80. The molecule has 2 aromatic heterocycles. The number of ether oxygens (including phenoxy) is 1. The number of halogens is 5. The quantitative estimate of drug-likeness (QED) is 0.503. The molecule has 0 aliphatic rings. The molecule has 1 aromatic carbocycles. The molecule has 1 amide bonds. The zero-order chi connectivity index (χ0) is 25.0. The van der Waals surface area contributed by atoms with Crippen LogP contribution in [-0.2, 0) is 6.54 Å². The summed E-state index contributed by atoms with van der Waals surface area (Å²) in [6, 6.07) is 5.60. The van der Waals surface area contributed by atoms with E-state index in [1.807, 2.05) is 0 Å². The fraction of sp³-hybridized carbons (Fsp3) is 0.227. The van der Waals surface area contributed by atoms with Gasteiger partial charge in [0.25, 0.3) is 11.5 Å². The molecule has 2 heterocycles. The number of rotatable bonds is 7.